The molecule has 6 heteroatoms. The van der Waals surface area contributed by atoms with Gasteiger partial charge < -0.3 is 14.4 Å². The van der Waals surface area contributed by atoms with Crippen molar-refractivity contribution in [3.63, 3.8) is 0 Å². The van der Waals surface area contributed by atoms with E-state index in [-0.39, 0.29) is 18.5 Å². The monoisotopic (exact) mass is 416 g/mol. The number of imide groups is 1. The maximum Gasteiger partial charge on any atom is 0.332 e. The second kappa shape index (κ2) is 8.14. The lowest BCUT2D eigenvalue weighted by atomic mass is 9.90. The maximum atomic E-state index is 13.7. The fourth-order valence-corrected chi connectivity index (χ4v) is 3.87. The molecular weight excluding hydrogens is 392 g/mol. The zero-order valence-electron chi connectivity index (χ0n) is 17.7. The van der Waals surface area contributed by atoms with Gasteiger partial charge in [0, 0.05) is 6.54 Å². The third kappa shape index (κ3) is 3.50. The van der Waals surface area contributed by atoms with Gasteiger partial charge in [0.25, 0.3) is 5.91 Å². The van der Waals surface area contributed by atoms with E-state index in [4.69, 9.17) is 9.47 Å². The van der Waals surface area contributed by atoms with Gasteiger partial charge in [0.2, 0.25) is 0 Å². The van der Waals surface area contributed by atoms with Crippen LogP contribution in [0.25, 0.3) is 0 Å². The van der Waals surface area contributed by atoms with Crippen molar-refractivity contribution in [2.75, 3.05) is 19.1 Å². The first-order valence-electron chi connectivity index (χ1n) is 9.97. The van der Waals surface area contributed by atoms with Crippen molar-refractivity contribution in [3.05, 3.63) is 90.0 Å². The van der Waals surface area contributed by atoms with Crippen LogP contribution < -0.4 is 14.4 Å². The normalized spacial score (nSPS) is 18.4. The zero-order chi connectivity index (χ0) is 22.0. The summed E-state index contributed by atoms with van der Waals surface area (Å²) in [6.07, 6.45) is 0. The smallest absolute Gasteiger partial charge is 0.332 e. The van der Waals surface area contributed by atoms with Crippen LogP contribution in [-0.2, 0) is 16.9 Å². The standard InChI is InChI=1S/C25H24N2O4/c1-25(19-7-5-4-6-8-19)23(28)27(20-11-15-22(31-3)16-12-20)24(29)26(25)17-18-9-13-21(30-2)14-10-18/h4-16H,17H2,1-3H3. The van der Waals surface area contributed by atoms with E-state index in [2.05, 4.69) is 0 Å². The first kappa shape index (κ1) is 20.5. The van der Waals surface area contributed by atoms with Crippen LogP contribution in [0.3, 0.4) is 0 Å². The molecule has 1 aliphatic rings. The Bertz CT molecular complexity index is 1080. The Morgan fingerprint density at radius 1 is 0.774 bits per heavy atom. The number of nitrogens with zero attached hydrogens (tertiary/aromatic N) is 2. The molecule has 3 aromatic carbocycles. The molecule has 0 radical (unpaired) electrons. The molecule has 0 N–H and O–H groups in total. The highest BCUT2D eigenvalue weighted by molar-refractivity contribution is 6.23. The molecule has 158 valence electrons. The molecule has 1 saturated heterocycles. The molecule has 4 rings (SSSR count). The molecule has 0 saturated carbocycles. The summed E-state index contributed by atoms with van der Waals surface area (Å²) in [5, 5.41) is 0. The van der Waals surface area contributed by atoms with Gasteiger partial charge in [-0.15, -0.1) is 0 Å². The number of methoxy groups -OCH3 is 2. The van der Waals surface area contributed by atoms with Gasteiger partial charge in [0.1, 0.15) is 17.0 Å². The third-order valence-electron chi connectivity index (χ3n) is 5.75. The van der Waals surface area contributed by atoms with E-state index in [9.17, 15) is 9.59 Å². The zero-order valence-corrected chi connectivity index (χ0v) is 17.7. The van der Waals surface area contributed by atoms with E-state index in [0.717, 1.165) is 16.9 Å². The number of urea groups is 1. The average molecular weight is 416 g/mol. The summed E-state index contributed by atoms with van der Waals surface area (Å²) in [5.41, 5.74) is 1.03. The lowest BCUT2D eigenvalue weighted by molar-refractivity contribution is -0.124. The van der Waals surface area contributed by atoms with Gasteiger partial charge in [-0.1, -0.05) is 42.5 Å². The van der Waals surface area contributed by atoms with Crippen molar-refractivity contribution in [3.8, 4) is 11.5 Å². The Balaban J connectivity index is 1.77. The van der Waals surface area contributed by atoms with Crippen LogP contribution in [0.1, 0.15) is 18.1 Å². The quantitative estimate of drug-likeness (QED) is 0.552. The summed E-state index contributed by atoms with van der Waals surface area (Å²) in [7, 11) is 3.18. The van der Waals surface area contributed by atoms with Crippen molar-refractivity contribution >= 4 is 17.6 Å². The van der Waals surface area contributed by atoms with Gasteiger partial charge in [0.15, 0.2) is 0 Å². The van der Waals surface area contributed by atoms with Crippen LogP contribution in [0.5, 0.6) is 11.5 Å². The molecule has 0 bridgehead atoms. The lowest BCUT2D eigenvalue weighted by Gasteiger charge is -2.32. The minimum atomic E-state index is -1.14. The topological polar surface area (TPSA) is 59.1 Å². The van der Waals surface area contributed by atoms with Gasteiger partial charge in [-0.25, -0.2) is 9.69 Å². The fourth-order valence-electron chi connectivity index (χ4n) is 3.87. The largest absolute Gasteiger partial charge is 0.497 e. The number of carbonyl (C=O) groups excluding carboxylic acids is 2. The van der Waals surface area contributed by atoms with Crippen LogP contribution >= 0.6 is 0 Å². The molecule has 0 aliphatic carbocycles. The van der Waals surface area contributed by atoms with Crippen molar-refractivity contribution in [1.82, 2.24) is 4.90 Å². The summed E-state index contributed by atoms with van der Waals surface area (Å²) in [5.74, 6) is 1.10. The summed E-state index contributed by atoms with van der Waals surface area (Å²) in [6.45, 7) is 2.09. The first-order valence-corrected chi connectivity index (χ1v) is 9.97. The SMILES string of the molecule is COc1ccc(CN2C(=O)N(c3ccc(OC)cc3)C(=O)C2(C)c2ccccc2)cc1. The van der Waals surface area contributed by atoms with Gasteiger partial charge in [0.05, 0.1) is 19.9 Å². The van der Waals surface area contributed by atoms with Crippen LogP contribution in [0.2, 0.25) is 0 Å². The van der Waals surface area contributed by atoms with Crippen LogP contribution in [0.4, 0.5) is 10.5 Å². The van der Waals surface area contributed by atoms with E-state index < -0.39 is 5.54 Å². The number of anilines is 1. The highest BCUT2D eigenvalue weighted by Gasteiger charge is 2.55. The van der Waals surface area contributed by atoms with Crippen molar-refractivity contribution in [1.29, 1.82) is 0 Å². The molecule has 1 unspecified atom stereocenters. The number of hydrogen-bond donors (Lipinski definition) is 0. The molecule has 1 aliphatic heterocycles. The highest BCUT2D eigenvalue weighted by atomic mass is 16.5. The molecule has 0 aromatic heterocycles. The molecular formula is C25H24N2O4. The van der Waals surface area contributed by atoms with Crippen molar-refractivity contribution in [2.45, 2.75) is 19.0 Å². The summed E-state index contributed by atoms with van der Waals surface area (Å²) in [6, 6.07) is 23.4. The highest BCUT2D eigenvalue weighted by Crippen LogP contribution is 2.40. The number of rotatable bonds is 6. The Hall–Kier alpha value is -3.80. The molecule has 1 atom stereocenters. The van der Waals surface area contributed by atoms with Crippen molar-refractivity contribution < 1.29 is 19.1 Å². The number of benzene rings is 3. The third-order valence-corrected chi connectivity index (χ3v) is 5.75. The molecule has 3 amide bonds. The Labute approximate surface area is 181 Å². The lowest BCUT2D eigenvalue weighted by Crippen LogP contribution is -2.43. The predicted octanol–water partition coefficient (Wildman–Crippen LogP) is 4.59. The van der Waals surface area contributed by atoms with E-state index in [1.165, 1.54) is 4.90 Å². The summed E-state index contributed by atoms with van der Waals surface area (Å²) in [4.78, 5) is 30.1. The minimum Gasteiger partial charge on any atom is -0.497 e. The number of carbonyl (C=O) groups is 2. The Morgan fingerprint density at radius 2 is 1.32 bits per heavy atom. The number of amides is 3. The van der Waals surface area contributed by atoms with Crippen LogP contribution in [0, 0.1) is 0 Å². The number of ether oxygens (including phenoxy) is 2. The van der Waals surface area contributed by atoms with Gasteiger partial charge >= 0.3 is 6.03 Å². The van der Waals surface area contributed by atoms with Crippen LogP contribution in [0.15, 0.2) is 78.9 Å². The summed E-state index contributed by atoms with van der Waals surface area (Å²) >= 11 is 0. The van der Waals surface area contributed by atoms with E-state index in [1.807, 2.05) is 54.6 Å². The maximum absolute atomic E-state index is 13.7. The Morgan fingerprint density at radius 3 is 1.87 bits per heavy atom. The van der Waals surface area contributed by atoms with Crippen molar-refractivity contribution in [2.24, 2.45) is 0 Å². The minimum absolute atomic E-state index is 0.284. The van der Waals surface area contributed by atoms with E-state index in [0.29, 0.717) is 11.4 Å². The van der Waals surface area contributed by atoms with Gasteiger partial charge in [-0.05, 0) is 54.4 Å². The van der Waals surface area contributed by atoms with E-state index in [1.54, 1.807) is 50.3 Å². The fraction of sp³-hybridized carbons (Fsp3) is 0.200. The van der Waals surface area contributed by atoms with Gasteiger partial charge in [-0.3, -0.25) is 4.79 Å². The molecule has 31 heavy (non-hydrogen) atoms. The Kier molecular flexibility index (Phi) is 5.38. The molecule has 1 fully saturated rings. The van der Waals surface area contributed by atoms with Crippen LogP contribution in [-0.4, -0.2) is 31.1 Å². The average Bonchev–Trinajstić information content (AvgIpc) is 3.01. The number of hydrogen-bond acceptors (Lipinski definition) is 4. The van der Waals surface area contributed by atoms with Gasteiger partial charge in [-0.2, -0.15) is 0 Å². The second-order valence-electron chi connectivity index (χ2n) is 7.49. The second-order valence-corrected chi connectivity index (χ2v) is 7.49. The van der Waals surface area contributed by atoms with E-state index >= 15 is 0 Å². The molecule has 0 spiro atoms. The summed E-state index contributed by atoms with van der Waals surface area (Å²) < 4.78 is 10.4. The predicted molar refractivity (Wildman–Crippen MR) is 118 cm³/mol. The molecule has 1 heterocycles. The molecule has 6 nitrogen and oxygen atoms in total. The first-order chi connectivity index (χ1) is 15.0. The molecule has 3 aromatic rings.